The highest BCUT2D eigenvalue weighted by atomic mass is 19.1. The maximum atomic E-state index is 16.7. The predicted octanol–water partition coefficient (Wildman–Crippen LogP) is 4.74. The van der Waals surface area contributed by atoms with Crippen LogP contribution in [0.1, 0.15) is 31.2 Å². The monoisotopic (exact) mass is 587 g/mol. The molecule has 220 valence electrons. The average molecular weight is 588 g/mol. The second-order valence-electron chi connectivity index (χ2n) is 11.9. The molecule has 43 heavy (non-hydrogen) atoms. The minimum Gasteiger partial charge on any atom is -0.508 e. The van der Waals surface area contributed by atoms with Crippen LogP contribution in [0.4, 0.5) is 19.0 Å². The zero-order chi connectivity index (χ0) is 29.5. The van der Waals surface area contributed by atoms with E-state index in [1.54, 1.807) is 0 Å². The number of rotatable bonds is 5. The normalized spacial score (nSPS) is 26.5. The first-order chi connectivity index (χ1) is 20.8. The molecular formula is C32H28F3N5O3. The molecule has 4 atom stereocenters. The summed E-state index contributed by atoms with van der Waals surface area (Å²) in [5.74, 6) is 1.27. The number of aromatic hydroxyl groups is 1. The van der Waals surface area contributed by atoms with Crippen LogP contribution >= 0.6 is 0 Å². The number of hydrogen-bond acceptors (Lipinski definition) is 8. The third-order valence-electron chi connectivity index (χ3n) is 9.36. The first kappa shape index (κ1) is 26.5. The summed E-state index contributed by atoms with van der Waals surface area (Å²) in [6.45, 7) is 2.44. The minimum absolute atomic E-state index is 0.0121. The SMILES string of the molecule is C#Cc1c(F)ccc2cc(O)cc(-c3ncc4c(N5CCOC6CC65)nc(OCC56CCCN5CC(F)C6)nc4c3F)c12. The summed E-state index contributed by atoms with van der Waals surface area (Å²) < 4.78 is 57.8. The molecule has 3 saturated heterocycles. The van der Waals surface area contributed by atoms with Gasteiger partial charge in [0, 0.05) is 36.7 Å². The Labute approximate surface area is 245 Å². The van der Waals surface area contributed by atoms with Crippen LogP contribution in [0.15, 0.2) is 30.5 Å². The first-order valence-electron chi connectivity index (χ1n) is 14.5. The average Bonchev–Trinajstić information content (AvgIpc) is 3.60. The molecule has 4 aromatic rings. The van der Waals surface area contributed by atoms with Crippen molar-refractivity contribution in [2.75, 3.05) is 37.7 Å². The number of nitrogens with zero attached hydrogens (tertiary/aromatic N) is 5. The second-order valence-corrected chi connectivity index (χ2v) is 11.9. The van der Waals surface area contributed by atoms with Gasteiger partial charge in [0.1, 0.15) is 41.4 Å². The number of halogens is 3. The van der Waals surface area contributed by atoms with Crippen LogP contribution in [0.5, 0.6) is 11.8 Å². The molecule has 8 nitrogen and oxygen atoms in total. The number of aromatic nitrogens is 3. The van der Waals surface area contributed by atoms with Crippen LogP contribution in [0, 0.1) is 24.0 Å². The van der Waals surface area contributed by atoms with Crippen molar-refractivity contribution in [1.82, 2.24) is 19.9 Å². The number of alkyl halides is 1. The van der Waals surface area contributed by atoms with E-state index in [-0.39, 0.29) is 58.2 Å². The minimum atomic E-state index is -0.918. The van der Waals surface area contributed by atoms with Gasteiger partial charge < -0.3 is 19.5 Å². The van der Waals surface area contributed by atoms with E-state index in [1.807, 2.05) is 0 Å². The van der Waals surface area contributed by atoms with Gasteiger partial charge in [0.05, 0.1) is 35.2 Å². The Morgan fingerprint density at radius 3 is 2.95 bits per heavy atom. The van der Waals surface area contributed by atoms with Crippen molar-refractivity contribution in [2.24, 2.45) is 0 Å². The van der Waals surface area contributed by atoms with Crippen LogP contribution in [-0.4, -0.2) is 81.7 Å². The van der Waals surface area contributed by atoms with Gasteiger partial charge in [0.2, 0.25) is 0 Å². The molecular weight excluding hydrogens is 559 g/mol. The van der Waals surface area contributed by atoms with E-state index in [2.05, 4.69) is 25.7 Å². The molecule has 11 heteroatoms. The molecule has 2 aromatic heterocycles. The lowest BCUT2D eigenvalue weighted by molar-refractivity contribution is 0.102. The lowest BCUT2D eigenvalue weighted by atomic mass is 9.95. The van der Waals surface area contributed by atoms with Crippen molar-refractivity contribution in [2.45, 2.75) is 49.5 Å². The smallest absolute Gasteiger partial charge is 0.319 e. The molecule has 0 spiro atoms. The van der Waals surface area contributed by atoms with Crippen molar-refractivity contribution in [3.05, 3.63) is 47.7 Å². The van der Waals surface area contributed by atoms with E-state index >= 15 is 4.39 Å². The van der Waals surface area contributed by atoms with Gasteiger partial charge in [-0.05, 0) is 49.4 Å². The van der Waals surface area contributed by atoms with Gasteiger partial charge in [-0.15, -0.1) is 6.42 Å². The molecule has 4 aliphatic rings. The highest BCUT2D eigenvalue weighted by molar-refractivity contribution is 6.03. The lowest BCUT2D eigenvalue weighted by Gasteiger charge is -2.31. The van der Waals surface area contributed by atoms with Gasteiger partial charge in [-0.3, -0.25) is 9.88 Å². The number of pyridine rings is 1. The van der Waals surface area contributed by atoms with Crippen LogP contribution in [0.2, 0.25) is 0 Å². The van der Waals surface area contributed by atoms with E-state index < -0.39 is 23.3 Å². The topological polar surface area (TPSA) is 83.8 Å². The summed E-state index contributed by atoms with van der Waals surface area (Å²) >= 11 is 0. The molecule has 1 aliphatic carbocycles. The van der Waals surface area contributed by atoms with E-state index in [1.165, 1.54) is 30.5 Å². The van der Waals surface area contributed by atoms with E-state index in [9.17, 15) is 13.9 Å². The number of anilines is 1. The van der Waals surface area contributed by atoms with E-state index in [0.717, 1.165) is 25.8 Å². The van der Waals surface area contributed by atoms with Crippen LogP contribution in [0.25, 0.3) is 32.9 Å². The Morgan fingerprint density at radius 2 is 2.09 bits per heavy atom. The summed E-state index contributed by atoms with van der Waals surface area (Å²) in [4.78, 5) is 17.9. The maximum Gasteiger partial charge on any atom is 0.319 e. The third kappa shape index (κ3) is 4.18. The predicted molar refractivity (Wildman–Crippen MR) is 154 cm³/mol. The molecule has 0 radical (unpaired) electrons. The molecule has 4 unspecified atom stereocenters. The number of benzene rings is 2. The highest BCUT2D eigenvalue weighted by Gasteiger charge is 2.50. The number of fused-ring (bicyclic) bond motifs is 4. The summed E-state index contributed by atoms with van der Waals surface area (Å²) in [6.07, 6.45) is 9.29. The van der Waals surface area contributed by atoms with Crippen molar-refractivity contribution in [3.63, 3.8) is 0 Å². The van der Waals surface area contributed by atoms with Crippen molar-refractivity contribution in [1.29, 1.82) is 0 Å². The lowest BCUT2D eigenvalue weighted by Crippen LogP contribution is -2.43. The Hall–Kier alpha value is -4.14. The maximum absolute atomic E-state index is 16.7. The van der Waals surface area contributed by atoms with Gasteiger partial charge in [-0.1, -0.05) is 12.0 Å². The summed E-state index contributed by atoms with van der Waals surface area (Å²) in [5, 5.41) is 11.6. The quantitative estimate of drug-likeness (QED) is 0.336. The fourth-order valence-corrected chi connectivity index (χ4v) is 7.29. The fraction of sp³-hybridized carbons (Fsp3) is 0.406. The largest absolute Gasteiger partial charge is 0.508 e. The fourth-order valence-electron chi connectivity index (χ4n) is 7.29. The van der Waals surface area contributed by atoms with Gasteiger partial charge >= 0.3 is 6.01 Å². The molecule has 4 fully saturated rings. The van der Waals surface area contributed by atoms with Crippen molar-refractivity contribution < 1.29 is 27.8 Å². The Morgan fingerprint density at radius 1 is 1.21 bits per heavy atom. The Bertz CT molecular complexity index is 1850. The number of phenols is 1. The molecule has 2 aromatic carbocycles. The van der Waals surface area contributed by atoms with Gasteiger partial charge in [-0.25, -0.2) is 13.2 Å². The Balaban J connectivity index is 1.28. The zero-order valence-electron chi connectivity index (χ0n) is 23.2. The standard InChI is InChI=1S/C32H28F3N5O3/c1-2-20-23(34)5-4-17-10-19(41)11-21(26(17)20)28-27(35)29-22(14-36-28)30(40-8-9-42-25-12-24(25)40)38-31(37-29)43-16-32-6-3-7-39(32)15-18(33)13-32/h1,4-5,10-11,14,18,24-25,41H,3,6-9,12-13,15-16H2. The number of morpholine rings is 1. The zero-order valence-corrected chi connectivity index (χ0v) is 23.2. The summed E-state index contributed by atoms with van der Waals surface area (Å²) in [7, 11) is 0. The summed E-state index contributed by atoms with van der Waals surface area (Å²) in [5.41, 5.74) is -0.527. The van der Waals surface area contributed by atoms with Gasteiger partial charge in [0.15, 0.2) is 5.82 Å². The van der Waals surface area contributed by atoms with Crippen LogP contribution in [-0.2, 0) is 4.74 Å². The molecule has 1 N–H and O–H groups in total. The molecule has 0 amide bonds. The number of ether oxygens (including phenoxy) is 2. The molecule has 3 aliphatic heterocycles. The summed E-state index contributed by atoms with van der Waals surface area (Å²) in [6, 6.07) is 5.53. The number of hydrogen-bond donors (Lipinski definition) is 1. The van der Waals surface area contributed by atoms with Crippen molar-refractivity contribution >= 4 is 27.5 Å². The van der Waals surface area contributed by atoms with Crippen LogP contribution in [0.3, 0.4) is 0 Å². The molecule has 0 bridgehead atoms. The van der Waals surface area contributed by atoms with Gasteiger partial charge in [0.25, 0.3) is 0 Å². The van der Waals surface area contributed by atoms with Crippen molar-refractivity contribution in [3.8, 4) is 35.4 Å². The number of phenolic OH excluding ortho intramolecular Hbond substituents is 1. The van der Waals surface area contributed by atoms with E-state index in [4.69, 9.17) is 20.9 Å². The number of terminal acetylenes is 1. The molecule has 5 heterocycles. The molecule has 8 rings (SSSR count). The molecule has 1 saturated carbocycles. The van der Waals surface area contributed by atoms with Gasteiger partial charge in [-0.2, -0.15) is 9.97 Å². The second kappa shape index (κ2) is 9.69. The third-order valence-corrected chi connectivity index (χ3v) is 9.36. The van der Waals surface area contributed by atoms with E-state index in [0.29, 0.717) is 42.7 Å². The first-order valence-corrected chi connectivity index (χ1v) is 14.5. The Kier molecular flexibility index (Phi) is 5.97. The van der Waals surface area contributed by atoms with Crippen LogP contribution < -0.4 is 9.64 Å². The highest BCUT2D eigenvalue weighted by Crippen LogP contribution is 2.43.